The van der Waals surface area contributed by atoms with Crippen molar-refractivity contribution in [3.63, 3.8) is 0 Å². The lowest BCUT2D eigenvalue weighted by Crippen LogP contribution is -2.43. The largest absolute Gasteiger partial charge is 0.376 e. The van der Waals surface area contributed by atoms with Crippen molar-refractivity contribution < 1.29 is 9.53 Å². The molecule has 0 saturated carbocycles. The molecule has 4 rings (SSSR count). The van der Waals surface area contributed by atoms with Crippen LogP contribution in [0.15, 0.2) is 24.3 Å². The van der Waals surface area contributed by atoms with Crippen molar-refractivity contribution in [3.05, 3.63) is 30.1 Å². The van der Waals surface area contributed by atoms with Crippen LogP contribution in [0.3, 0.4) is 0 Å². The van der Waals surface area contributed by atoms with Crippen molar-refractivity contribution in [1.82, 2.24) is 19.8 Å². The molecule has 2 aliphatic rings. The molecule has 1 unspecified atom stereocenters. The number of ether oxygens (including phenoxy) is 1. The van der Waals surface area contributed by atoms with Crippen LogP contribution in [0, 0.1) is 0 Å². The van der Waals surface area contributed by atoms with Gasteiger partial charge in [0.1, 0.15) is 5.82 Å². The van der Waals surface area contributed by atoms with Gasteiger partial charge < -0.3 is 14.6 Å². The fourth-order valence-electron chi connectivity index (χ4n) is 4.17. The van der Waals surface area contributed by atoms with Gasteiger partial charge in [-0.1, -0.05) is 12.1 Å². The number of nitrogens with one attached hydrogen (secondary N) is 1. The Balaban J connectivity index is 1.28. The van der Waals surface area contributed by atoms with Crippen LogP contribution in [0.1, 0.15) is 37.4 Å². The normalized spacial score (nSPS) is 22.1. The highest BCUT2D eigenvalue weighted by Gasteiger charge is 2.26. The fourth-order valence-corrected chi connectivity index (χ4v) is 4.17. The lowest BCUT2D eigenvalue weighted by molar-refractivity contribution is -0.123. The van der Waals surface area contributed by atoms with Crippen LogP contribution in [-0.4, -0.2) is 59.2 Å². The number of hydrogen-bond donors (Lipinski definition) is 1. The van der Waals surface area contributed by atoms with Gasteiger partial charge in [0.15, 0.2) is 0 Å². The molecule has 1 N–H and O–H groups in total. The van der Waals surface area contributed by atoms with Crippen molar-refractivity contribution in [2.75, 3.05) is 32.8 Å². The van der Waals surface area contributed by atoms with E-state index in [2.05, 4.69) is 40.0 Å². The van der Waals surface area contributed by atoms with Gasteiger partial charge in [-0.15, -0.1) is 0 Å². The highest BCUT2D eigenvalue weighted by molar-refractivity contribution is 5.78. The van der Waals surface area contributed by atoms with Crippen LogP contribution in [0.5, 0.6) is 0 Å². The van der Waals surface area contributed by atoms with E-state index in [4.69, 9.17) is 9.72 Å². The standard InChI is InChI=1S/C20H28N4O2/c1-23-18-7-3-2-6-17(18)22-20(23)15-8-10-24(11-9-15)14-19(25)21-13-16-5-4-12-26-16/h2-3,6-7,15-16H,4-5,8-14H2,1H3,(H,21,25). The summed E-state index contributed by atoms with van der Waals surface area (Å²) in [4.78, 5) is 19.3. The van der Waals surface area contributed by atoms with Crippen LogP contribution < -0.4 is 5.32 Å². The molecule has 26 heavy (non-hydrogen) atoms. The molecule has 2 fully saturated rings. The molecular weight excluding hydrogens is 328 g/mol. The molecule has 6 nitrogen and oxygen atoms in total. The van der Waals surface area contributed by atoms with E-state index in [9.17, 15) is 4.79 Å². The van der Waals surface area contributed by atoms with E-state index in [1.54, 1.807) is 0 Å². The molecule has 2 aromatic rings. The lowest BCUT2D eigenvalue weighted by atomic mass is 9.96. The molecule has 1 amide bonds. The Labute approximate surface area is 154 Å². The van der Waals surface area contributed by atoms with E-state index >= 15 is 0 Å². The summed E-state index contributed by atoms with van der Waals surface area (Å²) in [5.74, 6) is 1.76. The molecule has 2 saturated heterocycles. The Kier molecular flexibility index (Phi) is 5.22. The summed E-state index contributed by atoms with van der Waals surface area (Å²) in [5, 5.41) is 3.02. The number of aryl methyl sites for hydroxylation is 1. The first-order valence-electron chi connectivity index (χ1n) is 9.72. The summed E-state index contributed by atoms with van der Waals surface area (Å²) in [6.45, 7) is 3.86. The van der Waals surface area contributed by atoms with Crippen LogP contribution >= 0.6 is 0 Å². The number of amides is 1. The summed E-state index contributed by atoms with van der Waals surface area (Å²) >= 11 is 0. The summed E-state index contributed by atoms with van der Waals surface area (Å²) < 4.78 is 7.78. The number of piperidine rings is 1. The Morgan fingerprint density at radius 1 is 1.27 bits per heavy atom. The molecule has 1 aromatic carbocycles. The Hall–Kier alpha value is -1.92. The SMILES string of the molecule is Cn1c(C2CCN(CC(=O)NCC3CCCO3)CC2)nc2ccccc21. The molecule has 0 bridgehead atoms. The number of imidazole rings is 1. The lowest BCUT2D eigenvalue weighted by Gasteiger charge is -2.31. The number of likely N-dealkylation sites (tertiary alicyclic amines) is 1. The molecule has 1 aromatic heterocycles. The van der Waals surface area contributed by atoms with Crippen LogP contribution in [0.4, 0.5) is 0 Å². The van der Waals surface area contributed by atoms with Gasteiger partial charge in [0.05, 0.1) is 23.7 Å². The van der Waals surface area contributed by atoms with Crippen LogP contribution in [-0.2, 0) is 16.6 Å². The molecule has 6 heteroatoms. The van der Waals surface area contributed by atoms with E-state index in [1.807, 2.05) is 6.07 Å². The van der Waals surface area contributed by atoms with Gasteiger partial charge in [-0.25, -0.2) is 4.98 Å². The number of hydrogen-bond acceptors (Lipinski definition) is 4. The molecule has 0 radical (unpaired) electrons. The number of nitrogens with zero attached hydrogens (tertiary/aromatic N) is 3. The van der Waals surface area contributed by atoms with Gasteiger partial charge in [-0.3, -0.25) is 9.69 Å². The fraction of sp³-hybridized carbons (Fsp3) is 0.600. The zero-order chi connectivity index (χ0) is 17.9. The second kappa shape index (κ2) is 7.76. The first-order chi connectivity index (χ1) is 12.7. The van der Waals surface area contributed by atoms with E-state index < -0.39 is 0 Å². The second-order valence-electron chi connectivity index (χ2n) is 7.51. The number of carbonyl (C=O) groups excluding carboxylic acids is 1. The average Bonchev–Trinajstić information content (AvgIpc) is 3.29. The van der Waals surface area contributed by atoms with Crippen LogP contribution in [0.25, 0.3) is 11.0 Å². The van der Waals surface area contributed by atoms with E-state index in [0.717, 1.165) is 50.9 Å². The number of carbonyl (C=O) groups is 1. The Morgan fingerprint density at radius 2 is 2.08 bits per heavy atom. The molecular formula is C20H28N4O2. The maximum Gasteiger partial charge on any atom is 0.234 e. The van der Waals surface area contributed by atoms with Gasteiger partial charge in [-0.2, -0.15) is 0 Å². The van der Waals surface area contributed by atoms with E-state index in [0.29, 0.717) is 19.0 Å². The maximum atomic E-state index is 12.2. The Bertz CT molecular complexity index is 758. The predicted molar refractivity (Wildman–Crippen MR) is 101 cm³/mol. The first kappa shape index (κ1) is 17.5. The van der Waals surface area contributed by atoms with Gasteiger partial charge in [-0.05, 0) is 50.9 Å². The number of benzene rings is 1. The van der Waals surface area contributed by atoms with E-state index in [1.165, 1.54) is 11.3 Å². The number of aromatic nitrogens is 2. The topological polar surface area (TPSA) is 59.4 Å². The quantitative estimate of drug-likeness (QED) is 0.891. The smallest absolute Gasteiger partial charge is 0.234 e. The summed E-state index contributed by atoms with van der Waals surface area (Å²) in [5.41, 5.74) is 2.26. The first-order valence-corrected chi connectivity index (χ1v) is 9.72. The Morgan fingerprint density at radius 3 is 2.81 bits per heavy atom. The average molecular weight is 356 g/mol. The summed E-state index contributed by atoms with van der Waals surface area (Å²) in [6.07, 6.45) is 4.48. The highest BCUT2D eigenvalue weighted by atomic mass is 16.5. The van der Waals surface area contributed by atoms with Gasteiger partial charge in [0, 0.05) is 26.1 Å². The summed E-state index contributed by atoms with van der Waals surface area (Å²) in [6, 6.07) is 8.30. The number of fused-ring (bicyclic) bond motifs is 1. The molecule has 1 atom stereocenters. The third kappa shape index (κ3) is 3.76. The predicted octanol–water partition coefficient (Wildman–Crippen LogP) is 2.05. The zero-order valence-electron chi connectivity index (χ0n) is 15.5. The van der Waals surface area contributed by atoms with Gasteiger partial charge in [0.25, 0.3) is 0 Å². The second-order valence-corrected chi connectivity index (χ2v) is 7.51. The number of para-hydroxylation sites is 2. The van der Waals surface area contributed by atoms with E-state index in [-0.39, 0.29) is 12.0 Å². The maximum absolute atomic E-state index is 12.2. The molecule has 0 spiro atoms. The molecule has 3 heterocycles. The van der Waals surface area contributed by atoms with Crippen molar-refractivity contribution in [1.29, 1.82) is 0 Å². The van der Waals surface area contributed by atoms with Gasteiger partial charge in [0.2, 0.25) is 5.91 Å². The zero-order valence-corrected chi connectivity index (χ0v) is 15.5. The summed E-state index contributed by atoms with van der Waals surface area (Å²) in [7, 11) is 2.11. The van der Waals surface area contributed by atoms with Crippen molar-refractivity contribution in [2.24, 2.45) is 7.05 Å². The monoisotopic (exact) mass is 356 g/mol. The minimum atomic E-state index is 0.113. The third-order valence-corrected chi connectivity index (χ3v) is 5.69. The van der Waals surface area contributed by atoms with Crippen LogP contribution in [0.2, 0.25) is 0 Å². The number of rotatable bonds is 5. The van der Waals surface area contributed by atoms with Gasteiger partial charge >= 0.3 is 0 Å². The minimum Gasteiger partial charge on any atom is -0.376 e. The third-order valence-electron chi connectivity index (χ3n) is 5.69. The highest BCUT2D eigenvalue weighted by Crippen LogP contribution is 2.29. The molecule has 140 valence electrons. The van der Waals surface area contributed by atoms with Crippen molar-refractivity contribution in [2.45, 2.75) is 37.7 Å². The molecule has 2 aliphatic heterocycles. The molecule has 0 aliphatic carbocycles. The van der Waals surface area contributed by atoms with Crippen molar-refractivity contribution in [3.8, 4) is 0 Å². The minimum absolute atomic E-state index is 0.113. The van der Waals surface area contributed by atoms with Crippen molar-refractivity contribution >= 4 is 16.9 Å².